The number of carbonyl (C=O) groups excluding carboxylic acids is 1. The molecule has 1 saturated heterocycles. The van der Waals surface area contributed by atoms with Crippen LogP contribution in [0.25, 0.3) is 0 Å². The topological polar surface area (TPSA) is 29.1 Å². The molecule has 2 nitrogen and oxygen atoms in total. The lowest BCUT2D eigenvalue weighted by atomic mass is 9.91. The van der Waals surface area contributed by atoms with Crippen molar-refractivity contribution >= 4 is 5.78 Å². The van der Waals surface area contributed by atoms with E-state index in [0.717, 1.165) is 31.5 Å². The van der Waals surface area contributed by atoms with Gasteiger partial charge in [-0.05, 0) is 43.8 Å². The van der Waals surface area contributed by atoms with E-state index in [1.165, 1.54) is 18.4 Å². The van der Waals surface area contributed by atoms with Crippen LogP contribution in [0.4, 0.5) is 0 Å². The maximum Gasteiger partial charge on any atom is 0.163 e. The Labute approximate surface area is 110 Å². The summed E-state index contributed by atoms with van der Waals surface area (Å²) >= 11 is 0. The summed E-state index contributed by atoms with van der Waals surface area (Å²) in [6.45, 7) is 4.28. The van der Waals surface area contributed by atoms with Crippen molar-refractivity contribution in [1.29, 1.82) is 0 Å². The van der Waals surface area contributed by atoms with Gasteiger partial charge in [-0.25, -0.2) is 0 Å². The quantitative estimate of drug-likeness (QED) is 0.807. The van der Waals surface area contributed by atoms with Gasteiger partial charge < -0.3 is 5.32 Å². The van der Waals surface area contributed by atoms with E-state index in [-0.39, 0.29) is 0 Å². The zero-order valence-electron chi connectivity index (χ0n) is 11.2. The molecular formula is C16H23NO. The van der Waals surface area contributed by atoms with Crippen LogP contribution in [0, 0.1) is 5.92 Å². The van der Waals surface area contributed by atoms with Crippen LogP contribution in [0.3, 0.4) is 0 Å². The van der Waals surface area contributed by atoms with Gasteiger partial charge in [-0.3, -0.25) is 4.79 Å². The standard InChI is InChI=1S/C16H23NO/c1-2-4-13-6-8-15(9-7-13)16(18)11-14-5-3-10-17-12-14/h6-9,14,17H,2-5,10-12H2,1H3. The van der Waals surface area contributed by atoms with Crippen molar-refractivity contribution in [3.05, 3.63) is 35.4 Å². The second-order valence-corrected chi connectivity index (χ2v) is 5.29. The summed E-state index contributed by atoms with van der Waals surface area (Å²) in [6.07, 6.45) is 5.34. The number of hydrogen-bond acceptors (Lipinski definition) is 2. The van der Waals surface area contributed by atoms with Crippen LogP contribution in [0.15, 0.2) is 24.3 Å². The van der Waals surface area contributed by atoms with Crippen molar-refractivity contribution in [2.75, 3.05) is 13.1 Å². The summed E-state index contributed by atoms with van der Waals surface area (Å²) in [5.74, 6) is 0.827. The van der Waals surface area contributed by atoms with E-state index in [0.29, 0.717) is 18.1 Å². The SMILES string of the molecule is CCCc1ccc(C(=O)CC2CCCNC2)cc1. The molecule has 0 radical (unpaired) electrons. The molecule has 1 aliphatic rings. The fourth-order valence-electron chi connectivity index (χ4n) is 2.62. The minimum absolute atomic E-state index is 0.298. The molecule has 1 N–H and O–H groups in total. The number of nitrogens with one attached hydrogen (secondary N) is 1. The number of aryl methyl sites for hydroxylation is 1. The average Bonchev–Trinajstić information content (AvgIpc) is 2.41. The van der Waals surface area contributed by atoms with E-state index in [4.69, 9.17) is 0 Å². The summed E-state index contributed by atoms with van der Waals surface area (Å²) in [4.78, 5) is 12.2. The van der Waals surface area contributed by atoms with E-state index in [9.17, 15) is 4.79 Å². The molecule has 1 aromatic rings. The number of rotatable bonds is 5. The van der Waals surface area contributed by atoms with Gasteiger partial charge >= 0.3 is 0 Å². The fourth-order valence-corrected chi connectivity index (χ4v) is 2.62. The zero-order valence-corrected chi connectivity index (χ0v) is 11.2. The van der Waals surface area contributed by atoms with Crippen molar-refractivity contribution in [3.8, 4) is 0 Å². The number of carbonyl (C=O) groups is 1. The first kappa shape index (κ1) is 13.3. The molecule has 1 heterocycles. The molecule has 0 amide bonds. The Bertz CT molecular complexity index is 377. The highest BCUT2D eigenvalue weighted by molar-refractivity contribution is 5.96. The first-order chi connectivity index (χ1) is 8.79. The van der Waals surface area contributed by atoms with E-state index >= 15 is 0 Å². The molecule has 2 heteroatoms. The fraction of sp³-hybridized carbons (Fsp3) is 0.562. The second kappa shape index (κ2) is 6.69. The monoisotopic (exact) mass is 245 g/mol. The smallest absolute Gasteiger partial charge is 0.163 e. The molecular weight excluding hydrogens is 222 g/mol. The summed E-state index contributed by atoms with van der Waals surface area (Å²) in [6, 6.07) is 8.17. The third kappa shape index (κ3) is 3.67. The second-order valence-electron chi connectivity index (χ2n) is 5.29. The number of hydrogen-bond donors (Lipinski definition) is 1. The molecule has 1 unspecified atom stereocenters. The highest BCUT2D eigenvalue weighted by atomic mass is 16.1. The maximum absolute atomic E-state index is 12.2. The number of piperidine rings is 1. The Morgan fingerprint density at radius 3 is 2.72 bits per heavy atom. The Balaban J connectivity index is 1.91. The molecule has 0 aromatic heterocycles. The van der Waals surface area contributed by atoms with Crippen LogP contribution < -0.4 is 5.32 Å². The van der Waals surface area contributed by atoms with Crippen LogP contribution in [0.1, 0.15) is 48.5 Å². The van der Waals surface area contributed by atoms with Crippen LogP contribution in [-0.2, 0) is 6.42 Å². The summed E-state index contributed by atoms with van der Waals surface area (Å²) in [5, 5.41) is 3.37. The normalized spacial score (nSPS) is 19.7. The molecule has 0 saturated carbocycles. The van der Waals surface area contributed by atoms with Gasteiger partial charge in [-0.15, -0.1) is 0 Å². The van der Waals surface area contributed by atoms with Crippen LogP contribution >= 0.6 is 0 Å². The third-order valence-corrected chi connectivity index (χ3v) is 3.69. The van der Waals surface area contributed by atoms with Gasteiger partial charge in [0.05, 0.1) is 0 Å². The van der Waals surface area contributed by atoms with Gasteiger partial charge in [0.25, 0.3) is 0 Å². The van der Waals surface area contributed by atoms with E-state index < -0.39 is 0 Å². The largest absolute Gasteiger partial charge is 0.316 e. The Morgan fingerprint density at radius 2 is 2.11 bits per heavy atom. The summed E-state index contributed by atoms with van der Waals surface area (Å²) in [5.41, 5.74) is 2.20. The van der Waals surface area contributed by atoms with Gasteiger partial charge in [-0.1, -0.05) is 37.6 Å². The zero-order chi connectivity index (χ0) is 12.8. The van der Waals surface area contributed by atoms with Gasteiger partial charge in [-0.2, -0.15) is 0 Å². The summed E-state index contributed by atoms with van der Waals surface area (Å²) < 4.78 is 0. The highest BCUT2D eigenvalue weighted by Gasteiger charge is 2.17. The lowest BCUT2D eigenvalue weighted by molar-refractivity contribution is 0.0954. The van der Waals surface area contributed by atoms with Crippen LogP contribution in [0.5, 0.6) is 0 Å². The van der Waals surface area contributed by atoms with Crippen molar-refractivity contribution in [2.45, 2.75) is 39.0 Å². The molecule has 1 atom stereocenters. The highest BCUT2D eigenvalue weighted by Crippen LogP contribution is 2.17. The predicted molar refractivity (Wildman–Crippen MR) is 75.0 cm³/mol. The lowest BCUT2D eigenvalue weighted by Crippen LogP contribution is -2.31. The maximum atomic E-state index is 12.2. The van der Waals surface area contributed by atoms with E-state index in [1.54, 1.807) is 0 Å². The minimum Gasteiger partial charge on any atom is -0.316 e. The van der Waals surface area contributed by atoms with E-state index in [1.807, 2.05) is 12.1 Å². The Kier molecular flexibility index (Phi) is 4.94. The lowest BCUT2D eigenvalue weighted by Gasteiger charge is -2.21. The molecule has 0 aliphatic carbocycles. The number of Topliss-reactive ketones (excluding diaryl/α,β-unsaturated/α-hetero) is 1. The third-order valence-electron chi connectivity index (χ3n) is 3.69. The van der Waals surface area contributed by atoms with Gasteiger partial charge in [0.2, 0.25) is 0 Å². The Hall–Kier alpha value is -1.15. The Morgan fingerprint density at radius 1 is 1.33 bits per heavy atom. The van der Waals surface area contributed by atoms with Gasteiger partial charge in [0, 0.05) is 12.0 Å². The molecule has 98 valence electrons. The molecule has 1 aliphatic heterocycles. The number of ketones is 1. The minimum atomic E-state index is 0.298. The predicted octanol–water partition coefficient (Wildman–Crippen LogP) is 3.21. The number of benzene rings is 1. The molecule has 1 aromatic carbocycles. The van der Waals surface area contributed by atoms with Crippen LogP contribution in [0.2, 0.25) is 0 Å². The van der Waals surface area contributed by atoms with E-state index in [2.05, 4.69) is 24.4 Å². The molecule has 0 bridgehead atoms. The molecule has 2 rings (SSSR count). The molecule has 18 heavy (non-hydrogen) atoms. The van der Waals surface area contributed by atoms with Crippen molar-refractivity contribution in [2.24, 2.45) is 5.92 Å². The molecule has 0 spiro atoms. The molecule has 1 fully saturated rings. The summed E-state index contributed by atoms with van der Waals surface area (Å²) in [7, 11) is 0. The average molecular weight is 245 g/mol. The van der Waals surface area contributed by atoms with Crippen LogP contribution in [-0.4, -0.2) is 18.9 Å². The first-order valence-electron chi connectivity index (χ1n) is 7.12. The first-order valence-corrected chi connectivity index (χ1v) is 7.12. The van der Waals surface area contributed by atoms with Crippen molar-refractivity contribution in [1.82, 2.24) is 5.32 Å². The van der Waals surface area contributed by atoms with Gasteiger partial charge in [0.1, 0.15) is 0 Å². The van der Waals surface area contributed by atoms with Gasteiger partial charge in [0.15, 0.2) is 5.78 Å². The van der Waals surface area contributed by atoms with Crippen molar-refractivity contribution in [3.63, 3.8) is 0 Å². The van der Waals surface area contributed by atoms with Crippen molar-refractivity contribution < 1.29 is 4.79 Å².